The van der Waals surface area contributed by atoms with Gasteiger partial charge in [0.1, 0.15) is 23.2 Å². The number of hydrogen-bond donors (Lipinski definition) is 1. The second-order valence-electron chi connectivity index (χ2n) is 7.48. The molecule has 0 radical (unpaired) electrons. The Bertz CT molecular complexity index is 1200. The van der Waals surface area contributed by atoms with Crippen molar-refractivity contribution < 1.29 is 13.9 Å². The van der Waals surface area contributed by atoms with Crippen LogP contribution in [0.15, 0.2) is 59.3 Å². The van der Waals surface area contributed by atoms with Gasteiger partial charge < -0.3 is 19.4 Å². The van der Waals surface area contributed by atoms with Gasteiger partial charge in [-0.3, -0.25) is 4.79 Å². The average Bonchev–Trinajstić information content (AvgIpc) is 3.18. The van der Waals surface area contributed by atoms with E-state index in [1.807, 2.05) is 48.5 Å². The monoisotopic (exact) mass is 402 g/mol. The normalized spacial score (nSPS) is 16.7. The zero-order valence-corrected chi connectivity index (χ0v) is 16.7. The molecule has 0 aliphatic carbocycles. The Morgan fingerprint density at radius 3 is 2.83 bits per heavy atom. The molecule has 0 unspecified atom stereocenters. The van der Waals surface area contributed by atoms with Gasteiger partial charge in [0.25, 0.3) is 0 Å². The van der Waals surface area contributed by atoms with Gasteiger partial charge >= 0.3 is 0 Å². The van der Waals surface area contributed by atoms with Crippen molar-refractivity contribution in [1.29, 1.82) is 0 Å². The number of benzene rings is 2. The van der Waals surface area contributed by atoms with Crippen molar-refractivity contribution >= 4 is 39.5 Å². The highest BCUT2D eigenvalue weighted by Gasteiger charge is 2.28. The summed E-state index contributed by atoms with van der Waals surface area (Å²) >= 11 is 0. The van der Waals surface area contributed by atoms with E-state index in [-0.39, 0.29) is 11.8 Å². The van der Waals surface area contributed by atoms with E-state index in [0.717, 1.165) is 53.1 Å². The molecule has 7 nitrogen and oxygen atoms in total. The van der Waals surface area contributed by atoms with Crippen molar-refractivity contribution in [1.82, 2.24) is 9.97 Å². The minimum absolute atomic E-state index is 0.0137. The van der Waals surface area contributed by atoms with Crippen LogP contribution in [0.25, 0.3) is 22.1 Å². The number of para-hydroxylation sites is 1. The molecule has 4 aromatic rings. The number of nitrogens with zero attached hydrogens (tertiary/aromatic N) is 3. The fourth-order valence-electron chi connectivity index (χ4n) is 4.04. The molecule has 2 aromatic carbocycles. The van der Waals surface area contributed by atoms with Crippen molar-refractivity contribution in [3.63, 3.8) is 0 Å². The maximum Gasteiger partial charge on any atom is 0.229 e. The topological polar surface area (TPSA) is 80.5 Å². The molecular weight excluding hydrogens is 380 g/mol. The average molecular weight is 402 g/mol. The van der Waals surface area contributed by atoms with Crippen molar-refractivity contribution in [3.8, 4) is 5.75 Å². The van der Waals surface area contributed by atoms with Crippen LogP contribution in [0, 0.1) is 5.92 Å². The fraction of sp³-hybridized carbons (Fsp3) is 0.261. The van der Waals surface area contributed by atoms with Crippen LogP contribution in [0.1, 0.15) is 12.8 Å². The minimum Gasteiger partial charge on any atom is -0.497 e. The van der Waals surface area contributed by atoms with Crippen LogP contribution in [0.4, 0.5) is 11.5 Å². The van der Waals surface area contributed by atoms with Gasteiger partial charge in [-0.1, -0.05) is 12.1 Å². The van der Waals surface area contributed by atoms with Gasteiger partial charge in [0.05, 0.1) is 13.0 Å². The summed E-state index contributed by atoms with van der Waals surface area (Å²) in [5.74, 6) is 1.39. The molecule has 1 aliphatic rings. The Kier molecular flexibility index (Phi) is 4.71. The molecule has 152 valence electrons. The first-order chi connectivity index (χ1) is 14.7. The number of ether oxygens (including phenoxy) is 1. The third kappa shape index (κ3) is 3.32. The van der Waals surface area contributed by atoms with E-state index in [0.29, 0.717) is 12.1 Å². The predicted octanol–water partition coefficient (Wildman–Crippen LogP) is 4.24. The second kappa shape index (κ2) is 7.67. The Balaban J connectivity index is 1.38. The van der Waals surface area contributed by atoms with E-state index in [4.69, 9.17) is 9.15 Å². The highest BCUT2D eigenvalue weighted by molar-refractivity contribution is 6.05. The number of methoxy groups -OCH3 is 1. The van der Waals surface area contributed by atoms with Gasteiger partial charge in [-0.15, -0.1) is 0 Å². The summed E-state index contributed by atoms with van der Waals surface area (Å²) in [6.07, 6.45) is 3.32. The number of fused-ring (bicyclic) bond motifs is 3. The van der Waals surface area contributed by atoms with Crippen LogP contribution in [0.3, 0.4) is 0 Å². The summed E-state index contributed by atoms with van der Waals surface area (Å²) in [4.78, 5) is 23.9. The molecular formula is C23H22N4O3. The van der Waals surface area contributed by atoms with Gasteiger partial charge in [-0.2, -0.15) is 0 Å². The molecule has 0 saturated carbocycles. The van der Waals surface area contributed by atoms with Crippen LogP contribution in [0.5, 0.6) is 5.75 Å². The van der Waals surface area contributed by atoms with Crippen molar-refractivity contribution in [2.75, 3.05) is 30.4 Å². The number of carbonyl (C=O) groups excluding carboxylic acids is 1. The number of furan rings is 1. The molecule has 1 amide bonds. The molecule has 2 aromatic heterocycles. The summed E-state index contributed by atoms with van der Waals surface area (Å²) in [6.45, 7) is 1.42. The summed E-state index contributed by atoms with van der Waals surface area (Å²) in [7, 11) is 1.62. The minimum atomic E-state index is -0.129. The van der Waals surface area contributed by atoms with Crippen LogP contribution in [-0.2, 0) is 4.79 Å². The van der Waals surface area contributed by atoms with Crippen molar-refractivity contribution in [2.24, 2.45) is 5.92 Å². The summed E-state index contributed by atoms with van der Waals surface area (Å²) < 4.78 is 11.2. The molecule has 1 atom stereocenters. The number of nitrogens with one attached hydrogen (secondary N) is 1. The maximum atomic E-state index is 12.9. The second-order valence-corrected chi connectivity index (χ2v) is 7.48. The Labute approximate surface area is 173 Å². The highest BCUT2D eigenvalue weighted by atomic mass is 16.5. The maximum absolute atomic E-state index is 12.9. The lowest BCUT2D eigenvalue weighted by molar-refractivity contribution is -0.120. The lowest BCUT2D eigenvalue weighted by atomic mass is 9.97. The molecule has 0 bridgehead atoms. The highest BCUT2D eigenvalue weighted by Crippen LogP contribution is 2.34. The molecule has 0 spiro atoms. The van der Waals surface area contributed by atoms with E-state index < -0.39 is 0 Å². The smallest absolute Gasteiger partial charge is 0.229 e. The molecule has 30 heavy (non-hydrogen) atoms. The molecule has 1 N–H and O–H groups in total. The zero-order valence-electron chi connectivity index (χ0n) is 16.7. The lowest BCUT2D eigenvalue weighted by Gasteiger charge is -2.32. The van der Waals surface area contributed by atoms with Gasteiger partial charge in [-0.05, 0) is 49.2 Å². The summed E-state index contributed by atoms with van der Waals surface area (Å²) in [5.41, 5.74) is 3.04. The molecule has 1 fully saturated rings. The van der Waals surface area contributed by atoms with Crippen LogP contribution in [-0.4, -0.2) is 36.1 Å². The largest absolute Gasteiger partial charge is 0.497 e. The molecule has 7 heteroatoms. The predicted molar refractivity (Wildman–Crippen MR) is 116 cm³/mol. The Hall–Kier alpha value is -3.61. The first-order valence-corrected chi connectivity index (χ1v) is 10.0. The zero-order chi connectivity index (χ0) is 20.5. The Morgan fingerprint density at radius 1 is 1.17 bits per heavy atom. The summed E-state index contributed by atoms with van der Waals surface area (Å²) in [6, 6.07) is 15.2. The van der Waals surface area contributed by atoms with Gasteiger partial charge in [0.15, 0.2) is 11.4 Å². The number of rotatable bonds is 4. The van der Waals surface area contributed by atoms with Gasteiger partial charge in [-0.25, -0.2) is 9.97 Å². The molecule has 1 aliphatic heterocycles. The van der Waals surface area contributed by atoms with Crippen molar-refractivity contribution in [2.45, 2.75) is 12.8 Å². The quantitative estimate of drug-likeness (QED) is 0.550. The lowest BCUT2D eigenvalue weighted by Crippen LogP contribution is -2.41. The van der Waals surface area contributed by atoms with E-state index >= 15 is 0 Å². The van der Waals surface area contributed by atoms with Crippen molar-refractivity contribution in [3.05, 3.63) is 54.9 Å². The van der Waals surface area contributed by atoms with Crippen LogP contribution < -0.4 is 15.0 Å². The molecule has 3 heterocycles. The van der Waals surface area contributed by atoms with E-state index in [1.165, 1.54) is 0 Å². The van der Waals surface area contributed by atoms with Crippen LogP contribution in [0.2, 0.25) is 0 Å². The van der Waals surface area contributed by atoms with Gasteiger partial charge in [0.2, 0.25) is 5.91 Å². The fourth-order valence-corrected chi connectivity index (χ4v) is 4.04. The number of aromatic nitrogens is 2. The van der Waals surface area contributed by atoms with Crippen LogP contribution >= 0.6 is 0 Å². The first kappa shape index (κ1) is 18.4. The number of anilines is 2. The molecule has 1 saturated heterocycles. The molecule has 5 rings (SSSR count). The number of carbonyl (C=O) groups is 1. The van der Waals surface area contributed by atoms with E-state index in [1.54, 1.807) is 13.4 Å². The number of piperidine rings is 1. The number of amides is 1. The van der Waals surface area contributed by atoms with E-state index in [9.17, 15) is 4.79 Å². The third-order valence-corrected chi connectivity index (χ3v) is 5.59. The summed E-state index contributed by atoms with van der Waals surface area (Å²) in [5, 5.41) is 3.99. The third-order valence-electron chi connectivity index (χ3n) is 5.59. The number of hydrogen-bond acceptors (Lipinski definition) is 6. The first-order valence-electron chi connectivity index (χ1n) is 10.0. The van der Waals surface area contributed by atoms with E-state index in [2.05, 4.69) is 20.2 Å². The Morgan fingerprint density at radius 2 is 2.00 bits per heavy atom. The SMILES string of the molecule is COc1ccc(NC(=O)[C@H]2CCCN(c3ncnc4c3oc3ccccc34)C2)cc1. The van der Waals surface area contributed by atoms with Gasteiger partial charge in [0, 0.05) is 24.2 Å². The standard InChI is InChI=1S/C23H22N4O3/c1-29-17-10-8-16(9-11-17)26-23(28)15-5-4-12-27(13-15)22-21-20(24-14-25-22)18-6-2-3-7-19(18)30-21/h2-3,6-11,14-15H,4-5,12-13H2,1H3,(H,26,28)/t15-/m0/s1.